The van der Waals surface area contributed by atoms with Gasteiger partial charge in [0, 0.05) is 22.6 Å². The minimum Gasteiger partial charge on any atom is -0.321 e. The van der Waals surface area contributed by atoms with Gasteiger partial charge < -0.3 is 5.32 Å². The van der Waals surface area contributed by atoms with Gasteiger partial charge >= 0.3 is 0 Å². The topological polar surface area (TPSA) is 44.7 Å². The lowest BCUT2D eigenvalue weighted by molar-refractivity contribution is -0.113. The van der Waals surface area contributed by atoms with Crippen molar-refractivity contribution < 1.29 is 9.18 Å². The molecule has 0 radical (unpaired) electrons. The van der Waals surface area contributed by atoms with E-state index in [4.69, 9.17) is 11.6 Å². The smallest absolute Gasteiger partial charge is 0.272 e. The third-order valence-corrected chi connectivity index (χ3v) is 5.83. The summed E-state index contributed by atoms with van der Waals surface area (Å²) in [5.41, 5.74) is 1.58. The molecule has 2 aromatic rings. The number of halogens is 3. The van der Waals surface area contributed by atoms with Gasteiger partial charge in [-0.2, -0.15) is 4.40 Å². The van der Waals surface area contributed by atoms with Crippen molar-refractivity contribution in [3.05, 3.63) is 61.6 Å². The molecular formula is C15H10BrClFN3OS2. The summed E-state index contributed by atoms with van der Waals surface area (Å²) in [6, 6.07) is 5.99. The van der Waals surface area contributed by atoms with Crippen molar-refractivity contribution in [3.63, 3.8) is 0 Å². The first-order valence-electron chi connectivity index (χ1n) is 6.65. The van der Waals surface area contributed by atoms with Crippen LogP contribution in [0.1, 0.15) is 4.88 Å². The predicted molar refractivity (Wildman–Crippen MR) is 102 cm³/mol. The number of carbonyl (C=O) groups excluding carboxylic acids is 1. The van der Waals surface area contributed by atoms with Gasteiger partial charge in [-0.05, 0) is 46.3 Å². The number of nitrogens with one attached hydrogen (secondary N) is 1. The van der Waals surface area contributed by atoms with Crippen LogP contribution in [0, 0.1) is 5.82 Å². The molecule has 9 heteroatoms. The van der Waals surface area contributed by atoms with Crippen molar-refractivity contribution in [3.8, 4) is 0 Å². The summed E-state index contributed by atoms with van der Waals surface area (Å²) >= 11 is 11.9. The van der Waals surface area contributed by atoms with Crippen LogP contribution in [0.2, 0.25) is 5.02 Å². The Bertz CT molecular complexity index is 868. The summed E-state index contributed by atoms with van der Waals surface area (Å²) < 4.78 is 20.2. The average molecular weight is 447 g/mol. The first-order chi connectivity index (χ1) is 11.4. The number of likely N-dealkylation sites (N-methyl/N-ethyl adjacent to an activating group) is 1. The fraction of sp³-hybridized carbons (Fsp3) is 0.0667. The molecule has 0 fully saturated rings. The molecule has 0 unspecified atom stereocenters. The third-order valence-electron chi connectivity index (χ3n) is 3.10. The number of allylic oxidation sites excluding steroid dienone is 1. The van der Waals surface area contributed by atoms with Crippen molar-refractivity contribution in [2.24, 2.45) is 4.40 Å². The number of amides is 1. The Kier molecular flexibility index (Phi) is 5.29. The molecule has 1 aliphatic heterocycles. The molecule has 0 aliphatic carbocycles. The molecule has 1 amide bonds. The lowest BCUT2D eigenvalue weighted by Crippen LogP contribution is -2.26. The van der Waals surface area contributed by atoms with Crippen LogP contribution in [-0.2, 0) is 4.79 Å². The van der Waals surface area contributed by atoms with Gasteiger partial charge in [0.05, 0.1) is 27.7 Å². The highest BCUT2D eigenvalue weighted by Gasteiger charge is 2.21. The molecule has 1 aromatic heterocycles. The zero-order chi connectivity index (χ0) is 17.3. The number of anilines is 1. The van der Waals surface area contributed by atoms with Gasteiger partial charge in [0.2, 0.25) is 0 Å². The number of rotatable bonds is 3. The van der Waals surface area contributed by atoms with Gasteiger partial charge in [-0.3, -0.25) is 9.10 Å². The fourth-order valence-corrected chi connectivity index (χ4v) is 4.15. The first kappa shape index (κ1) is 17.5. The molecule has 0 saturated carbocycles. The Morgan fingerprint density at radius 1 is 1.42 bits per heavy atom. The van der Waals surface area contributed by atoms with E-state index in [1.807, 2.05) is 11.4 Å². The minimum atomic E-state index is -0.531. The number of carbonyl (C=O) groups is 1. The van der Waals surface area contributed by atoms with Gasteiger partial charge in [-0.1, -0.05) is 11.6 Å². The van der Waals surface area contributed by atoms with Crippen LogP contribution in [0.3, 0.4) is 0 Å². The molecule has 24 heavy (non-hydrogen) atoms. The van der Waals surface area contributed by atoms with Gasteiger partial charge in [-0.15, -0.1) is 11.3 Å². The van der Waals surface area contributed by atoms with E-state index in [-0.39, 0.29) is 10.9 Å². The average Bonchev–Trinajstić information content (AvgIpc) is 2.98. The van der Waals surface area contributed by atoms with E-state index in [9.17, 15) is 9.18 Å². The van der Waals surface area contributed by atoms with Gasteiger partial charge in [0.25, 0.3) is 5.91 Å². The molecule has 1 aliphatic rings. The van der Waals surface area contributed by atoms with Crippen LogP contribution in [-0.4, -0.2) is 23.0 Å². The van der Waals surface area contributed by atoms with E-state index in [1.54, 1.807) is 17.4 Å². The van der Waals surface area contributed by atoms with Crippen molar-refractivity contribution >= 4 is 68.3 Å². The summed E-state index contributed by atoms with van der Waals surface area (Å²) in [5.74, 6) is -0.854. The lowest BCUT2D eigenvalue weighted by Gasteiger charge is -2.22. The van der Waals surface area contributed by atoms with E-state index >= 15 is 0 Å². The van der Waals surface area contributed by atoms with E-state index in [2.05, 4.69) is 25.6 Å². The molecule has 4 nitrogen and oxygen atoms in total. The van der Waals surface area contributed by atoms with Gasteiger partial charge in [0.1, 0.15) is 11.5 Å². The molecule has 1 aromatic carbocycles. The minimum absolute atomic E-state index is 0.0427. The maximum Gasteiger partial charge on any atom is 0.272 e. The number of hydrogen-bond donors (Lipinski definition) is 1. The van der Waals surface area contributed by atoms with Crippen molar-refractivity contribution in [1.29, 1.82) is 0 Å². The second-order valence-electron chi connectivity index (χ2n) is 4.80. The number of hydrogen-bond acceptors (Lipinski definition) is 5. The molecule has 2 heterocycles. The van der Waals surface area contributed by atoms with E-state index in [0.29, 0.717) is 11.4 Å². The van der Waals surface area contributed by atoms with Crippen molar-refractivity contribution in [1.82, 2.24) is 4.31 Å². The van der Waals surface area contributed by atoms with Crippen LogP contribution >= 0.6 is 51.0 Å². The summed E-state index contributed by atoms with van der Waals surface area (Å²) in [4.78, 5) is 13.5. The fourth-order valence-electron chi connectivity index (χ4n) is 1.94. The van der Waals surface area contributed by atoms with Crippen LogP contribution < -0.4 is 5.32 Å². The molecule has 0 spiro atoms. The molecule has 3 rings (SSSR count). The predicted octanol–water partition coefficient (Wildman–Crippen LogP) is 5.12. The summed E-state index contributed by atoms with van der Waals surface area (Å²) in [5, 5.41) is 4.62. The second-order valence-corrected chi connectivity index (χ2v) is 7.93. The van der Waals surface area contributed by atoms with E-state index in [0.717, 1.165) is 15.1 Å². The zero-order valence-corrected chi connectivity index (χ0v) is 16.2. The molecule has 1 N–H and O–H groups in total. The highest BCUT2D eigenvalue weighted by molar-refractivity contribution is 9.10. The Hall–Kier alpha value is -1.35. The highest BCUT2D eigenvalue weighted by Crippen LogP contribution is 2.29. The zero-order valence-electron chi connectivity index (χ0n) is 12.2. The molecule has 0 atom stereocenters. The lowest BCUT2D eigenvalue weighted by atomic mass is 10.2. The quantitative estimate of drug-likeness (QED) is 0.665. The van der Waals surface area contributed by atoms with Crippen LogP contribution in [0.4, 0.5) is 10.1 Å². The Labute approximate surface area is 159 Å². The summed E-state index contributed by atoms with van der Waals surface area (Å²) in [6.07, 6.45) is 1.72. The number of thiophene rings is 1. The van der Waals surface area contributed by atoms with E-state index < -0.39 is 5.82 Å². The molecule has 124 valence electrons. The second kappa shape index (κ2) is 7.26. The van der Waals surface area contributed by atoms with Crippen LogP contribution in [0.15, 0.2) is 50.3 Å². The first-order valence-corrected chi connectivity index (χ1v) is 9.43. The Balaban J connectivity index is 1.83. The van der Waals surface area contributed by atoms with Crippen LogP contribution in [0.5, 0.6) is 0 Å². The Morgan fingerprint density at radius 3 is 2.88 bits per heavy atom. The number of nitrogens with zero attached hydrogens (tertiary/aromatic N) is 2. The van der Waals surface area contributed by atoms with Crippen molar-refractivity contribution in [2.45, 2.75) is 0 Å². The standard InChI is InChI=1S/C15H10BrClFN3OS2/c1-21-13(6-12(20-24-21)14-4-8(16)7-23-14)15(22)19-9-2-3-11(18)10(17)5-9/h2-7H,1H3,(H,19,22). The van der Waals surface area contributed by atoms with Crippen LogP contribution in [0.25, 0.3) is 0 Å². The van der Waals surface area contributed by atoms with Crippen molar-refractivity contribution in [2.75, 3.05) is 12.4 Å². The number of benzene rings is 1. The molecule has 0 saturated heterocycles. The van der Waals surface area contributed by atoms with Gasteiger partial charge in [0.15, 0.2) is 0 Å². The monoisotopic (exact) mass is 445 g/mol. The maximum absolute atomic E-state index is 13.2. The van der Waals surface area contributed by atoms with Gasteiger partial charge in [-0.25, -0.2) is 4.39 Å². The molecule has 0 bridgehead atoms. The maximum atomic E-state index is 13.2. The summed E-state index contributed by atoms with van der Waals surface area (Å²) in [7, 11) is 1.75. The highest BCUT2D eigenvalue weighted by atomic mass is 79.9. The normalized spacial score (nSPS) is 14.2. The third kappa shape index (κ3) is 3.83. The molecular weight excluding hydrogens is 437 g/mol. The SMILES string of the molecule is CN1SN=C(c2cc(Br)cs2)C=C1C(=O)Nc1ccc(F)c(Cl)c1. The largest absolute Gasteiger partial charge is 0.321 e. The Morgan fingerprint density at radius 2 is 2.21 bits per heavy atom. The summed E-state index contributed by atoms with van der Waals surface area (Å²) in [6.45, 7) is 0. The van der Waals surface area contributed by atoms with E-state index in [1.165, 1.54) is 41.7 Å².